The Morgan fingerprint density at radius 2 is 1.92 bits per heavy atom. The summed E-state index contributed by atoms with van der Waals surface area (Å²) in [4.78, 5) is 26.5. The molecule has 0 saturated heterocycles. The maximum atomic E-state index is 11.6. The highest BCUT2D eigenvalue weighted by molar-refractivity contribution is 5.92. The van der Waals surface area contributed by atoms with Crippen molar-refractivity contribution < 1.29 is 24.5 Å². The summed E-state index contributed by atoms with van der Waals surface area (Å²) in [5, 5.41) is 22.4. The third-order valence-electron chi connectivity index (χ3n) is 3.42. The molecule has 0 saturated carbocycles. The van der Waals surface area contributed by atoms with E-state index in [9.17, 15) is 19.8 Å². The summed E-state index contributed by atoms with van der Waals surface area (Å²) in [6, 6.07) is 10.4. The lowest BCUT2D eigenvalue weighted by Crippen LogP contribution is -2.35. The van der Waals surface area contributed by atoms with Crippen LogP contribution in [0.4, 0.5) is 4.79 Å². The van der Waals surface area contributed by atoms with Crippen LogP contribution in [0.1, 0.15) is 27.6 Å². The van der Waals surface area contributed by atoms with E-state index in [-0.39, 0.29) is 24.3 Å². The van der Waals surface area contributed by atoms with E-state index >= 15 is 0 Å². The molecular formula is C17H19N3O5. The summed E-state index contributed by atoms with van der Waals surface area (Å²) in [6.07, 6.45) is -0.826. The molecule has 0 aliphatic carbocycles. The Bertz CT molecular complexity index is 723. The number of aromatic nitrogens is 1. The third-order valence-corrected chi connectivity index (χ3v) is 3.42. The number of benzene rings is 1. The number of nitrogens with zero attached hydrogens (tertiary/aromatic N) is 1. The number of carbonyl (C=O) groups excluding carboxylic acids is 2. The first kappa shape index (κ1) is 18.4. The Morgan fingerprint density at radius 1 is 1.20 bits per heavy atom. The van der Waals surface area contributed by atoms with Gasteiger partial charge in [0.25, 0.3) is 0 Å². The number of carbonyl (C=O) groups is 2. The molecule has 1 aromatic carbocycles. The molecule has 2 atom stereocenters. The fourth-order valence-corrected chi connectivity index (χ4v) is 2.05. The summed E-state index contributed by atoms with van der Waals surface area (Å²) < 4.78 is 5.00. The highest BCUT2D eigenvalue weighted by atomic mass is 16.5. The molecule has 2 amide bonds. The zero-order valence-electron chi connectivity index (χ0n) is 13.3. The van der Waals surface area contributed by atoms with E-state index in [2.05, 4.69) is 10.3 Å². The van der Waals surface area contributed by atoms with Gasteiger partial charge in [-0.2, -0.15) is 0 Å². The SMILES string of the molecule is NC(=O)c1cncc(C(O)C(O)CNC(=O)OCc2ccccc2)c1. The molecule has 2 rings (SSSR count). The van der Waals surface area contributed by atoms with Crippen LogP contribution in [0, 0.1) is 0 Å². The highest BCUT2D eigenvalue weighted by Gasteiger charge is 2.20. The minimum Gasteiger partial charge on any atom is -0.445 e. The lowest BCUT2D eigenvalue weighted by molar-refractivity contribution is 0.0182. The summed E-state index contributed by atoms with van der Waals surface area (Å²) in [6.45, 7) is -0.147. The smallest absolute Gasteiger partial charge is 0.407 e. The number of nitrogens with one attached hydrogen (secondary N) is 1. The van der Waals surface area contributed by atoms with E-state index in [0.717, 1.165) is 5.56 Å². The van der Waals surface area contributed by atoms with Gasteiger partial charge in [0.05, 0.1) is 5.56 Å². The summed E-state index contributed by atoms with van der Waals surface area (Å²) in [5.74, 6) is -0.696. The lowest BCUT2D eigenvalue weighted by Gasteiger charge is -2.18. The van der Waals surface area contributed by atoms with Crippen LogP contribution in [0.2, 0.25) is 0 Å². The number of rotatable bonds is 7. The van der Waals surface area contributed by atoms with Crippen LogP contribution >= 0.6 is 0 Å². The number of aliphatic hydroxyl groups is 2. The van der Waals surface area contributed by atoms with Gasteiger partial charge in [-0.05, 0) is 11.6 Å². The van der Waals surface area contributed by atoms with Crippen molar-refractivity contribution >= 4 is 12.0 Å². The molecular weight excluding hydrogens is 326 g/mol. The van der Waals surface area contributed by atoms with Gasteiger partial charge in [0.2, 0.25) is 5.91 Å². The lowest BCUT2D eigenvalue weighted by atomic mass is 10.0. The van der Waals surface area contributed by atoms with Gasteiger partial charge in [-0.1, -0.05) is 30.3 Å². The van der Waals surface area contributed by atoms with Crippen molar-refractivity contribution in [2.24, 2.45) is 5.73 Å². The Hall–Kier alpha value is -2.97. The van der Waals surface area contributed by atoms with Gasteiger partial charge >= 0.3 is 6.09 Å². The van der Waals surface area contributed by atoms with E-state index in [1.165, 1.54) is 18.5 Å². The maximum Gasteiger partial charge on any atom is 0.407 e. The minimum absolute atomic E-state index is 0.0932. The van der Waals surface area contributed by atoms with Crippen molar-refractivity contribution in [1.82, 2.24) is 10.3 Å². The second-order valence-corrected chi connectivity index (χ2v) is 5.33. The zero-order chi connectivity index (χ0) is 18.2. The molecule has 0 aliphatic rings. The summed E-state index contributed by atoms with van der Waals surface area (Å²) >= 11 is 0. The monoisotopic (exact) mass is 345 g/mol. The van der Waals surface area contributed by atoms with Crippen LogP contribution in [0.5, 0.6) is 0 Å². The fourth-order valence-electron chi connectivity index (χ4n) is 2.05. The van der Waals surface area contributed by atoms with Crippen molar-refractivity contribution in [2.75, 3.05) is 6.54 Å². The number of ether oxygens (including phenoxy) is 1. The van der Waals surface area contributed by atoms with Crippen LogP contribution < -0.4 is 11.1 Å². The van der Waals surface area contributed by atoms with E-state index in [1.54, 1.807) is 0 Å². The van der Waals surface area contributed by atoms with Crippen molar-refractivity contribution in [1.29, 1.82) is 0 Å². The Balaban J connectivity index is 1.82. The minimum atomic E-state index is -1.35. The molecule has 0 bridgehead atoms. The predicted molar refractivity (Wildman–Crippen MR) is 88.4 cm³/mol. The van der Waals surface area contributed by atoms with Crippen molar-refractivity contribution in [3.05, 3.63) is 65.5 Å². The number of nitrogens with two attached hydrogens (primary N) is 1. The van der Waals surface area contributed by atoms with Crippen LogP contribution in [-0.4, -0.2) is 39.8 Å². The summed E-state index contributed by atoms with van der Waals surface area (Å²) in [5.41, 5.74) is 6.29. The fraction of sp³-hybridized carbons (Fsp3) is 0.235. The van der Waals surface area contributed by atoms with Crippen LogP contribution in [0.25, 0.3) is 0 Å². The summed E-state index contributed by atoms with van der Waals surface area (Å²) in [7, 11) is 0. The molecule has 0 aliphatic heterocycles. The zero-order valence-corrected chi connectivity index (χ0v) is 13.3. The largest absolute Gasteiger partial charge is 0.445 e. The standard InChI is InChI=1S/C17H19N3O5/c18-16(23)13-6-12(7-19-8-13)15(22)14(21)9-20-17(24)25-10-11-4-2-1-3-5-11/h1-8,14-15,21-22H,9-10H2,(H2,18,23)(H,20,24). The number of alkyl carbamates (subject to hydrolysis) is 1. The molecule has 1 heterocycles. The van der Waals surface area contributed by atoms with Gasteiger partial charge in [0, 0.05) is 24.5 Å². The number of amides is 2. The molecule has 1 aromatic heterocycles. The van der Waals surface area contributed by atoms with E-state index in [4.69, 9.17) is 10.5 Å². The topological polar surface area (TPSA) is 135 Å². The van der Waals surface area contributed by atoms with Crippen molar-refractivity contribution in [3.8, 4) is 0 Å². The molecule has 8 nitrogen and oxygen atoms in total. The third kappa shape index (κ3) is 5.55. The molecule has 0 radical (unpaired) electrons. The van der Waals surface area contributed by atoms with Crippen LogP contribution in [0.3, 0.4) is 0 Å². The average Bonchev–Trinajstić information content (AvgIpc) is 2.64. The first-order chi connectivity index (χ1) is 12.0. The van der Waals surface area contributed by atoms with Gasteiger partial charge in [-0.25, -0.2) is 4.79 Å². The predicted octanol–water partition coefficient (Wildman–Crippen LogP) is 0.501. The molecule has 132 valence electrons. The molecule has 2 unspecified atom stereocenters. The average molecular weight is 345 g/mol. The second kappa shape index (κ2) is 8.76. The van der Waals surface area contributed by atoms with Gasteiger partial charge in [-0.15, -0.1) is 0 Å². The Morgan fingerprint density at radius 3 is 2.60 bits per heavy atom. The van der Waals surface area contributed by atoms with E-state index in [0.29, 0.717) is 0 Å². The van der Waals surface area contributed by atoms with Gasteiger partial charge in [-0.3, -0.25) is 9.78 Å². The molecule has 8 heteroatoms. The van der Waals surface area contributed by atoms with E-state index < -0.39 is 24.2 Å². The molecule has 25 heavy (non-hydrogen) atoms. The highest BCUT2D eigenvalue weighted by Crippen LogP contribution is 2.16. The van der Waals surface area contributed by atoms with Gasteiger partial charge in [0.1, 0.15) is 18.8 Å². The van der Waals surface area contributed by atoms with E-state index in [1.807, 2.05) is 30.3 Å². The van der Waals surface area contributed by atoms with Crippen LogP contribution in [-0.2, 0) is 11.3 Å². The first-order valence-corrected chi connectivity index (χ1v) is 7.53. The molecule has 5 N–H and O–H groups in total. The second-order valence-electron chi connectivity index (χ2n) is 5.33. The van der Waals surface area contributed by atoms with Crippen LogP contribution in [0.15, 0.2) is 48.8 Å². The Labute approximate surface area is 144 Å². The number of hydrogen-bond donors (Lipinski definition) is 4. The van der Waals surface area contributed by atoms with Gasteiger partial charge < -0.3 is 26.0 Å². The number of hydrogen-bond acceptors (Lipinski definition) is 6. The van der Waals surface area contributed by atoms with Gasteiger partial charge in [0.15, 0.2) is 0 Å². The molecule has 2 aromatic rings. The normalized spacial score (nSPS) is 12.9. The maximum absolute atomic E-state index is 11.6. The number of pyridine rings is 1. The van der Waals surface area contributed by atoms with Crippen molar-refractivity contribution in [3.63, 3.8) is 0 Å². The number of primary amides is 1. The first-order valence-electron chi connectivity index (χ1n) is 7.53. The van der Waals surface area contributed by atoms with Crippen molar-refractivity contribution in [2.45, 2.75) is 18.8 Å². The molecule has 0 spiro atoms. The number of aliphatic hydroxyl groups excluding tert-OH is 2. The quantitative estimate of drug-likeness (QED) is 0.577. The Kier molecular flexibility index (Phi) is 6.44. The molecule has 0 fully saturated rings.